The predicted molar refractivity (Wildman–Crippen MR) is 86.8 cm³/mol. The molecule has 0 aromatic heterocycles. The van der Waals surface area contributed by atoms with Gasteiger partial charge in [0.05, 0.1) is 6.04 Å². The van der Waals surface area contributed by atoms with Crippen LogP contribution in [-0.4, -0.2) is 22.8 Å². The van der Waals surface area contributed by atoms with Crippen LogP contribution in [0.5, 0.6) is 0 Å². The van der Waals surface area contributed by atoms with E-state index in [2.05, 4.69) is 13.8 Å². The molecule has 4 heteroatoms. The second-order valence-electron chi connectivity index (χ2n) is 6.99. The van der Waals surface area contributed by atoms with Crippen LogP contribution in [0.4, 0.5) is 4.79 Å². The molecule has 1 atom stereocenters. The number of nitrogens with zero attached hydrogens (tertiary/aromatic N) is 1. The van der Waals surface area contributed by atoms with Crippen molar-refractivity contribution in [1.82, 2.24) is 5.06 Å². The number of hydrogen-bond acceptors (Lipinski definition) is 3. The van der Waals surface area contributed by atoms with Crippen LogP contribution in [-0.2, 0) is 9.57 Å². The van der Waals surface area contributed by atoms with Gasteiger partial charge in [0.2, 0.25) is 0 Å². The van der Waals surface area contributed by atoms with Crippen molar-refractivity contribution in [1.29, 1.82) is 0 Å². The van der Waals surface area contributed by atoms with Gasteiger partial charge in [-0.25, -0.2) is 4.79 Å². The van der Waals surface area contributed by atoms with Crippen LogP contribution in [0.2, 0.25) is 0 Å². The van der Waals surface area contributed by atoms with Gasteiger partial charge in [-0.05, 0) is 39.2 Å². The van der Waals surface area contributed by atoms with Gasteiger partial charge in [-0.3, -0.25) is 0 Å². The maximum atomic E-state index is 12.4. The molecule has 0 radical (unpaired) electrons. The van der Waals surface area contributed by atoms with E-state index in [0.717, 1.165) is 12.0 Å². The molecule has 0 N–H and O–H groups in total. The van der Waals surface area contributed by atoms with E-state index in [1.807, 2.05) is 57.2 Å². The smallest absolute Gasteiger partial charge is 0.442 e. The molecule has 1 amide bonds. The largest absolute Gasteiger partial charge is 0.444 e. The van der Waals surface area contributed by atoms with Crippen molar-refractivity contribution in [3.05, 3.63) is 42.0 Å². The van der Waals surface area contributed by atoms with Gasteiger partial charge in [0, 0.05) is 5.56 Å². The maximum absolute atomic E-state index is 12.4. The van der Waals surface area contributed by atoms with E-state index in [-0.39, 0.29) is 6.04 Å². The summed E-state index contributed by atoms with van der Waals surface area (Å²) in [6.07, 6.45) is 2.38. The predicted octanol–water partition coefficient (Wildman–Crippen LogP) is 4.62. The van der Waals surface area contributed by atoms with Crippen LogP contribution in [0, 0.1) is 5.92 Å². The minimum Gasteiger partial charge on any atom is -0.442 e. The Bertz CT molecular complexity index is 543. The number of hydrogen-bond donors (Lipinski definition) is 0. The zero-order valence-electron chi connectivity index (χ0n) is 14.0. The van der Waals surface area contributed by atoms with E-state index < -0.39 is 11.7 Å². The quantitative estimate of drug-likeness (QED) is 0.817. The third-order valence-electron chi connectivity index (χ3n) is 3.19. The fourth-order valence-corrected chi connectivity index (χ4v) is 2.32. The van der Waals surface area contributed by atoms with Crippen LogP contribution in [0.1, 0.15) is 46.6 Å². The average Bonchev–Trinajstić information content (AvgIpc) is 2.81. The van der Waals surface area contributed by atoms with E-state index in [0.29, 0.717) is 11.7 Å². The second-order valence-corrected chi connectivity index (χ2v) is 6.99. The molecule has 0 spiro atoms. The number of rotatable bonds is 3. The molecule has 0 saturated heterocycles. The fourth-order valence-electron chi connectivity index (χ4n) is 2.32. The Balaban J connectivity index is 2.19. The number of carbonyl (C=O) groups is 1. The number of amides is 1. The molecule has 1 aromatic rings. The molecular formula is C18H25NO3. The Kier molecular flexibility index (Phi) is 4.79. The highest BCUT2D eigenvalue weighted by molar-refractivity contribution is 5.72. The van der Waals surface area contributed by atoms with E-state index >= 15 is 0 Å². The Morgan fingerprint density at radius 1 is 1.27 bits per heavy atom. The van der Waals surface area contributed by atoms with Crippen molar-refractivity contribution in [3.63, 3.8) is 0 Å². The third kappa shape index (κ3) is 4.26. The number of ether oxygens (including phenoxy) is 1. The molecule has 0 saturated carbocycles. The first-order valence-electron chi connectivity index (χ1n) is 7.73. The number of benzene rings is 1. The highest BCUT2D eigenvalue weighted by atomic mass is 16.7. The Morgan fingerprint density at radius 3 is 2.45 bits per heavy atom. The molecule has 1 unspecified atom stereocenters. The van der Waals surface area contributed by atoms with Crippen molar-refractivity contribution in [2.24, 2.45) is 5.92 Å². The number of hydroxylamine groups is 2. The number of carbonyl (C=O) groups excluding carboxylic acids is 1. The first kappa shape index (κ1) is 16.4. The molecule has 1 heterocycles. The van der Waals surface area contributed by atoms with Gasteiger partial charge in [0.15, 0.2) is 5.76 Å². The topological polar surface area (TPSA) is 38.8 Å². The van der Waals surface area contributed by atoms with Gasteiger partial charge in [-0.2, -0.15) is 0 Å². The molecule has 2 rings (SSSR count). The van der Waals surface area contributed by atoms with Gasteiger partial charge in [0.1, 0.15) is 5.60 Å². The van der Waals surface area contributed by atoms with Crippen molar-refractivity contribution in [2.75, 3.05) is 0 Å². The fraction of sp³-hybridized carbons (Fsp3) is 0.500. The Hall–Kier alpha value is -1.97. The van der Waals surface area contributed by atoms with Crippen LogP contribution < -0.4 is 0 Å². The molecular weight excluding hydrogens is 278 g/mol. The van der Waals surface area contributed by atoms with Crippen LogP contribution >= 0.6 is 0 Å². The lowest BCUT2D eigenvalue weighted by Crippen LogP contribution is -2.40. The summed E-state index contributed by atoms with van der Waals surface area (Å²) in [7, 11) is 0. The summed E-state index contributed by atoms with van der Waals surface area (Å²) in [4.78, 5) is 18.2. The minimum absolute atomic E-state index is 0.106. The van der Waals surface area contributed by atoms with Gasteiger partial charge >= 0.3 is 6.09 Å². The van der Waals surface area contributed by atoms with Crippen molar-refractivity contribution < 1.29 is 14.4 Å². The molecule has 0 aliphatic carbocycles. The lowest BCUT2D eigenvalue weighted by molar-refractivity contribution is -0.0963. The Morgan fingerprint density at radius 2 is 1.91 bits per heavy atom. The standard InChI is InChI=1S/C18H25NO3/c1-13(2)11-15-12-16(14-9-7-6-8-10-14)22-19(15)17(20)21-18(3,4)5/h6-10,12-13,15H,11H2,1-5H3. The summed E-state index contributed by atoms with van der Waals surface area (Å²) >= 11 is 0. The van der Waals surface area contributed by atoms with Crippen LogP contribution in [0.15, 0.2) is 36.4 Å². The first-order valence-corrected chi connectivity index (χ1v) is 7.73. The highest BCUT2D eigenvalue weighted by Gasteiger charge is 2.35. The lowest BCUT2D eigenvalue weighted by atomic mass is 10.0. The molecule has 22 heavy (non-hydrogen) atoms. The second kappa shape index (κ2) is 6.42. The minimum atomic E-state index is -0.543. The summed E-state index contributed by atoms with van der Waals surface area (Å²) < 4.78 is 5.45. The van der Waals surface area contributed by atoms with E-state index in [1.54, 1.807) is 0 Å². The molecule has 1 aliphatic heterocycles. The highest BCUT2D eigenvalue weighted by Crippen LogP contribution is 2.31. The summed E-state index contributed by atoms with van der Waals surface area (Å²) in [5.74, 6) is 1.15. The van der Waals surface area contributed by atoms with E-state index in [1.165, 1.54) is 5.06 Å². The average molecular weight is 303 g/mol. The van der Waals surface area contributed by atoms with Gasteiger partial charge < -0.3 is 9.57 Å². The third-order valence-corrected chi connectivity index (χ3v) is 3.19. The summed E-state index contributed by atoms with van der Waals surface area (Å²) in [5, 5.41) is 1.35. The SMILES string of the molecule is CC(C)CC1C=C(c2ccccc2)ON1C(=O)OC(C)(C)C. The zero-order valence-corrected chi connectivity index (χ0v) is 14.0. The van der Waals surface area contributed by atoms with Gasteiger partial charge in [0.25, 0.3) is 0 Å². The molecule has 120 valence electrons. The molecule has 1 aromatic carbocycles. The van der Waals surface area contributed by atoms with E-state index in [4.69, 9.17) is 9.57 Å². The van der Waals surface area contributed by atoms with Crippen LogP contribution in [0.3, 0.4) is 0 Å². The molecule has 4 nitrogen and oxygen atoms in total. The summed E-state index contributed by atoms with van der Waals surface area (Å²) in [6, 6.07) is 9.69. The normalized spacial score (nSPS) is 18.2. The zero-order chi connectivity index (χ0) is 16.3. The lowest BCUT2D eigenvalue weighted by Gasteiger charge is -2.27. The van der Waals surface area contributed by atoms with Crippen LogP contribution in [0.25, 0.3) is 5.76 Å². The molecule has 0 bridgehead atoms. The summed E-state index contributed by atoms with van der Waals surface area (Å²) in [5.41, 5.74) is 0.417. The van der Waals surface area contributed by atoms with Crippen molar-refractivity contribution >= 4 is 11.9 Å². The van der Waals surface area contributed by atoms with Gasteiger partial charge in [-0.1, -0.05) is 44.2 Å². The first-order chi connectivity index (χ1) is 10.3. The van der Waals surface area contributed by atoms with Gasteiger partial charge in [-0.15, -0.1) is 5.06 Å². The summed E-state index contributed by atoms with van der Waals surface area (Å²) in [6.45, 7) is 9.81. The Labute approximate surface area is 132 Å². The van der Waals surface area contributed by atoms with E-state index in [9.17, 15) is 4.79 Å². The van der Waals surface area contributed by atoms with Crippen molar-refractivity contribution in [3.8, 4) is 0 Å². The van der Waals surface area contributed by atoms with Crippen molar-refractivity contribution in [2.45, 2.75) is 52.7 Å². The molecule has 1 aliphatic rings. The monoisotopic (exact) mass is 303 g/mol. The maximum Gasteiger partial charge on any atom is 0.444 e. The molecule has 0 fully saturated rings.